The molecule has 1 fully saturated rings. The minimum absolute atomic E-state index is 0.151. The number of ketones is 1. The van der Waals surface area contributed by atoms with E-state index in [9.17, 15) is 4.79 Å². The Bertz CT molecular complexity index is 419. The van der Waals surface area contributed by atoms with Gasteiger partial charge in [-0.3, -0.25) is 4.79 Å². The quantitative estimate of drug-likeness (QED) is 0.768. The zero-order valence-corrected chi connectivity index (χ0v) is 11.5. The van der Waals surface area contributed by atoms with E-state index in [0.29, 0.717) is 16.6 Å². The summed E-state index contributed by atoms with van der Waals surface area (Å²) >= 11 is 1.69. The normalized spacial score (nSPS) is 23.0. The Hall–Kier alpha value is -1.00. The fourth-order valence-corrected chi connectivity index (χ4v) is 3.14. The van der Waals surface area contributed by atoms with Gasteiger partial charge in [-0.05, 0) is 25.5 Å². The highest BCUT2D eigenvalue weighted by Crippen LogP contribution is 2.27. The molecule has 1 heterocycles. The van der Waals surface area contributed by atoms with Gasteiger partial charge in [0.15, 0.2) is 5.78 Å². The molecule has 0 N–H and O–H groups in total. The van der Waals surface area contributed by atoms with Crippen LogP contribution in [0, 0.1) is 0 Å². The summed E-state index contributed by atoms with van der Waals surface area (Å²) in [7, 11) is 1.61. The molecule has 0 aliphatic carbocycles. The molecular weight excluding hydrogens is 248 g/mol. The van der Waals surface area contributed by atoms with Crippen molar-refractivity contribution in [3.8, 4) is 5.75 Å². The third-order valence-corrected chi connectivity index (χ3v) is 4.60. The third-order valence-electron chi connectivity index (χ3n) is 3.13. The van der Waals surface area contributed by atoms with E-state index < -0.39 is 0 Å². The number of carbonyl (C=O) groups is 1. The molecule has 1 aromatic carbocycles. The van der Waals surface area contributed by atoms with E-state index in [-0.39, 0.29) is 11.9 Å². The first-order valence-corrected chi connectivity index (χ1v) is 7.16. The molecule has 0 saturated carbocycles. The number of hydrogen-bond donors (Lipinski definition) is 0. The monoisotopic (exact) mass is 266 g/mol. The highest BCUT2D eigenvalue weighted by molar-refractivity contribution is 8.00. The summed E-state index contributed by atoms with van der Waals surface area (Å²) in [5, 5.41) is 0.444. The van der Waals surface area contributed by atoms with Crippen LogP contribution in [-0.4, -0.2) is 36.6 Å². The predicted molar refractivity (Wildman–Crippen MR) is 73.6 cm³/mol. The first kappa shape index (κ1) is 13.4. The fourth-order valence-electron chi connectivity index (χ4n) is 1.99. The van der Waals surface area contributed by atoms with Gasteiger partial charge < -0.3 is 9.47 Å². The molecule has 0 spiro atoms. The molecule has 0 amide bonds. The standard InChI is InChI=1S/C14H18O3S/c1-10-14(6-7-17-10)18-9-13(15)11-4-3-5-12(8-11)16-2/h3-5,8,10,14H,6-7,9H2,1-2H3. The number of methoxy groups -OCH3 is 1. The van der Waals surface area contributed by atoms with Crippen LogP contribution in [0.25, 0.3) is 0 Å². The third kappa shape index (κ3) is 3.27. The van der Waals surface area contributed by atoms with Crippen LogP contribution in [-0.2, 0) is 4.74 Å². The van der Waals surface area contributed by atoms with Crippen LogP contribution >= 0.6 is 11.8 Å². The molecule has 0 radical (unpaired) electrons. The molecule has 3 nitrogen and oxygen atoms in total. The minimum Gasteiger partial charge on any atom is -0.497 e. The molecule has 98 valence electrons. The van der Waals surface area contributed by atoms with Crippen molar-refractivity contribution in [3.05, 3.63) is 29.8 Å². The molecule has 1 aromatic rings. The molecule has 2 unspecified atom stereocenters. The maximum Gasteiger partial charge on any atom is 0.172 e. The molecule has 2 rings (SSSR count). The Kier molecular flexibility index (Phi) is 4.66. The van der Waals surface area contributed by atoms with Gasteiger partial charge in [0.25, 0.3) is 0 Å². The van der Waals surface area contributed by atoms with Crippen LogP contribution < -0.4 is 4.74 Å². The van der Waals surface area contributed by atoms with Crippen LogP contribution in [0.2, 0.25) is 0 Å². The Morgan fingerprint density at radius 1 is 1.56 bits per heavy atom. The van der Waals surface area contributed by atoms with Crippen molar-refractivity contribution in [2.75, 3.05) is 19.5 Å². The van der Waals surface area contributed by atoms with Crippen molar-refractivity contribution < 1.29 is 14.3 Å². The number of ether oxygens (including phenoxy) is 2. The van der Waals surface area contributed by atoms with Crippen LogP contribution in [0.5, 0.6) is 5.75 Å². The first-order valence-electron chi connectivity index (χ1n) is 6.11. The highest BCUT2D eigenvalue weighted by atomic mass is 32.2. The van der Waals surface area contributed by atoms with Gasteiger partial charge in [0.1, 0.15) is 5.75 Å². The summed E-state index contributed by atoms with van der Waals surface area (Å²) in [6, 6.07) is 7.31. The second-order valence-corrected chi connectivity index (χ2v) is 5.60. The zero-order chi connectivity index (χ0) is 13.0. The minimum atomic E-state index is 0.151. The van der Waals surface area contributed by atoms with Gasteiger partial charge in [-0.15, -0.1) is 11.8 Å². The van der Waals surface area contributed by atoms with Crippen LogP contribution in [0.15, 0.2) is 24.3 Å². The smallest absolute Gasteiger partial charge is 0.172 e. The van der Waals surface area contributed by atoms with E-state index in [1.165, 1.54) is 0 Å². The molecule has 2 atom stereocenters. The van der Waals surface area contributed by atoms with Crippen molar-refractivity contribution in [1.82, 2.24) is 0 Å². The number of benzene rings is 1. The van der Waals surface area contributed by atoms with Gasteiger partial charge in [-0.2, -0.15) is 0 Å². The zero-order valence-electron chi connectivity index (χ0n) is 10.7. The number of thioether (sulfide) groups is 1. The Morgan fingerprint density at radius 2 is 2.39 bits per heavy atom. The number of hydrogen-bond acceptors (Lipinski definition) is 4. The van der Waals surface area contributed by atoms with E-state index >= 15 is 0 Å². The maximum atomic E-state index is 12.1. The lowest BCUT2D eigenvalue weighted by molar-refractivity contribution is 0.102. The van der Waals surface area contributed by atoms with Crippen molar-refractivity contribution in [2.45, 2.75) is 24.7 Å². The Morgan fingerprint density at radius 3 is 3.06 bits per heavy atom. The molecule has 0 bridgehead atoms. The molecule has 1 aliphatic heterocycles. The van der Waals surface area contributed by atoms with Gasteiger partial charge in [0.05, 0.1) is 19.0 Å². The van der Waals surface area contributed by atoms with Crippen molar-refractivity contribution in [2.24, 2.45) is 0 Å². The molecule has 4 heteroatoms. The van der Waals surface area contributed by atoms with Gasteiger partial charge in [0, 0.05) is 17.4 Å². The number of carbonyl (C=O) groups excluding carboxylic acids is 1. The molecule has 1 saturated heterocycles. The molecule has 0 aromatic heterocycles. The lowest BCUT2D eigenvalue weighted by Gasteiger charge is -2.12. The van der Waals surface area contributed by atoms with Crippen LogP contribution in [0.1, 0.15) is 23.7 Å². The van der Waals surface area contributed by atoms with Gasteiger partial charge in [-0.1, -0.05) is 12.1 Å². The van der Waals surface area contributed by atoms with E-state index in [2.05, 4.69) is 6.92 Å². The number of Topliss-reactive ketones (excluding diaryl/α,β-unsaturated/α-hetero) is 1. The Labute approximate surface area is 112 Å². The summed E-state index contributed by atoms with van der Waals surface area (Å²) in [6.45, 7) is 2.88. The summed E-state index contributed by atoms with van der Waals surface area (Å²) in [4.78, 5) is 12.1. The SMILES string of the molecule is COc1cccc(C(=O)CSC2CCOC2C)c1. The summed E-state index contributed by atoms with van der Waals surface area (Å²) in [5.74, 6) is 1.38. The maximum absolute atomic E-state index is 12.1. The summed E-state index contributed by atoms with van der Waals surface area (Å²) in [5.41, 5.74) is 0.716. The average Bonchev–Trinajstić information content (AvgIpc) is 2.81. The summed E-state index contributed by atoms with van der Waals surface area (Å²) < 4.78 is 10.6. The van der Waals surface area contributed by atoms with E-state index in [1.807, 2.05) is 18.2 Å². The molecular formula is C14H18O3S. The van der Waals surface area contributed by atoms with Crippen LogP contribution in [0.3, 0.4) is 0 Å². The van der Waals surface area contributed by atoms with Gasteiger partial charge in [0.2, 0.25) is 0 Å². The van der Waals surface area contributed by atoms with Crippen molar-refractivity contribution >= 4 is 17.5 Å². The molecule has 1 aliphatic rings. The first-order chi connectivity index (χ1) is 8.70. The van der Waals surface area contributed by atoms with E-state index in [0.717, 1.165) is 18.8 Å². The largest absolute Gasteiger partial charge is 0.497 e. The second kappa shape index (κ2) is 6.25. The van der Waals surface area contributed by atoms with E-state index in [1.54, 1.807) is 24.9 Å². The lowest BCUT2D eigenvalue weighted by Crippen LogP contribution is -2.16. The second-order valence-electron chi connectivity index (χ2n) is 4.37. The van der Waals surface area contributed by atoms with Crippen molar-refractivity contribution in [1.29, 1.82) is 0 Å². The van der Waals surface area contributed by atoms with E-state index in [4.69, 9.17) is 9.47 Å². The predicted octanol–water partition coefficient (Wildman–Crippen LogP) is 2.79. The lowest BCUT2D eigenvalue weighted by atomic mass is 10.1. The van der Waals surface area contributed by atoms with Crippen LogP contribution in [0.4, 0.5) is 0 Å². The van der Waals surface area contributed by atoms with Gasteiger partial charge in [-0.25, -0.2) is 0 Å². The summed E-state index contributed by atoms with van der Waals surface area (Å²) in [6.07, 6.45) is 1.30. The Balaban J connectivity index is 1.90. The molecule has 18 heavy (non-hydrogen) atoms. The average molecular weight is 266 g/mol. The number of rotatable bonds is 5. The van der Waals surface area contributed by atoms with Crippen molar-refractivity contribution in [3.63, 3.8) is 0 Å². The highest BCUT2D eigenvalue weighted by Gasteiger charge is 2.25. The van der Waals surface area contributed by atoms with Gasteiger partial charge >= 0.3 is 0 Å². The fraction of sp³-hybridized carbons (Fsp3) is 0.500. The topological polar surface area (TPSA) is 35.5 Å².